The van der Waals surface area contributed by atoms with E-state index in [1.807, 2.05) is 13.0 Å². The number of nitrogens with zero attached hydrogens (tertiary/aromatic N) is 4. The monoisotopic (exact) mass is 384 g/mol. The fourth-order valence-electron chi connectivity index (χ4n) is 2.80. The molecule has 0 aliphatic heterocycles. The van der Waals surface area contributed by atoms with E-state index in [2.05, 4.69) is 37.6 Å². The minimum Gasteiger partial charge on any atom is -0.383 e. The molecule has 0 radical (unpaired) electrons. The number of nitrogens with one attached hydrogen (secondary N) is 3. The molecular weight excluding hydrogens is 356 g/mol. The summed E-state index contributed by atoms with van der Waals surface area (Å²) in [7, 11) is 1.59. The lowest BCUT2D eigenvalue weighted by atomic mass is 10.3. The number of anilines is 3. The highest BCUT2D eigenvalue weighted by atomic mass is 16.2. The molecule has 9 nitrogen and oxygen atoms in total. The van der Waals surface area contributed by atoms with Gasteiger partial charge >= 0.3 is 0 Å². The Morgan fingerprint density at radius 3 is 2.79 bits per heavy atom. The maximum absolute atomic E-state index is 11.7. The number of nitrogen functional groups attached to an aromatic ring is 1. The van der Waals surface area contributed by atoms with Crippen LogP contribution in [0.3, 0.4) is 0 Å². The van der Waals surface area contributed by atoms with E-state index in [0.717, 1.165) is 17.0 Å². The zero-order valence-electron chi connectivity index (χ0n) is 16.8. The summed E-state index contributed by atoms with van der Waals surface area (Å²) in [6.45, 7) is 5.87. The van der Waals surface area contributed by atoms with E-state index in [9.17, 15) is 4.79 Å². The molecule has 0 saturated heterocycles. The molecule has 28 heavy (non-hydrogen) atoms. The van der Waals surface area contributed by atoms with Crippen molar-refractivity contribution in [3.63, 3.8) is 0 Å². The smallest absolute Gasteiger partial charge is 0.244 e. The number of carbonyl (C=O) groups excluding carboxylic acids is 1. The summed E-state index contributed by atoms with van der Waals surface area (Å²) in [5, 5.41) is 10.8. The number of likely N-dealkylation sites (N-methyl/N-ethyl adjacent to an activating group) is 1. The zero-order valence-corrected chi connectivity index (χ0v) is 16.8. The summed E-state index contributed by atoms with van der Waals surface area (Å²) in [6.07, 6.45) is 7.94. The van der Waals surface area contributed by atoms with Crippen LogP contribution in [0.4, 0.5) is 17.5 Å². The van der Waals surface area contributed by atoms with Crippen LogP contribution in [0.5, 0.6) is 0 Å². The maximum Gasteiger partial charge on any atom is 0.244 e. The predicted molar refractivity (Wildman–Crippen MR) is 110 cm³/mol. The fraction of sp³-hybridized carbons (Fsp3) is 0.474. The lowest BCUT2D eigenvalue weighted by Gasteiger charge is -2.09. The minimum atomic E-state index is -0.411. The molecule has 150 valence electrons. The van der Waals surface area contributed by atoms with Crippen LogP contribution >= 0.6 is 0 Å². The van der Waals surface area contributed by atoms with Crippen LogP contribution in [0.25, 0.3) is 11.0 Å². The van der Waals surface area contributed by atoms with Crippen molar-refractivity contribution in [3.05, 3.63) is 24.2 Å². The van der Waals surface area contributed by atoms with Crippen molar-refractivity contribution in [2.75, 3.05) is 18.1 Å². The van der Waals surface area contributed by atoms with Crippen LogP contribution in [0.2, 0.25) is 0 Å². The summed E-state index contributed by atoms with van der Waals surface area (Å²) in [4.78, 5) is 23.3. The lowest BCUT2D eigenvalue weighted by Crippen LogP contribution is -2.28. The molecule has 0 bridgehead atoms. The summed E-state index contributed by atoms with van der Waals surface area (Å²) in [5.74, 6) is 1.78. The van der Waals surface area contributed by atoms with Gasteiger partial charge in [-0.25, -0.2) is 0 Å². The largest absolute Gasteiger partial charge is 0.383 e. The van der Waals surface area contributed by atoms with Crippen molar-refractivity contribution >= 4 is 34.4 Å². The van der Waals surface area contributed by atoms with Gasteiger partial charge in [-0.1, -0.05) is 26.2 Å². The average Bonchev–Trinajstić information content (AvgIpc) is 3.30. The predicted octanol–water partition coefficient (Wildman–Crippen LogP) is 2.90. The Morgan fingerprint density at radius 1 is 1.43 bits per heavy atom. The topological polar surface area (TPSA) is 127 Å². The summed E-state index contributed by atoms with van der Waals surface area (Å²) < 4.78 is 1.59. The van der Waals surface area contributed by atoms with E-state index in [-0.39, 0.29) is 5.91 Å². The molecule has 5 N–H and O–H groups in total. The van der Waals surface area contributed by atoms with Crippen molar-refractivity contribution in [2.24, 2.45) is 5.92 Å². The number of aromatic nitrogens is 5. The van der Waals surface area contributed by atoms with E-state index >= 15 is 0 Å². The standard InChI is InChI=1S/C14H18N8O.C5H10/c1-7-10(6-22(21-7)8(2)13(23)16-3)18-14-19-11(15)9-4-5-17-12(9)20-14;1-2-5-3-4-5/h4-6,8H,1-3H3,(H,16,23)(H4,15,17,18,19,20);5H,2-4H2,1H3. The quantitative estimate of drug-likeness (QED) is 0.536. The highest BCUT2D eigenvalue weighted by molar-refractivity contribution is 5.87. The number of H-pyrrole nitrogens is 1. The van der Waals surface area contributed by atoms with Crippen LogP contribution in [0.15, 0.2) is 18.5 Å². The second-order valence-corrected chi connectivity index (χ2v) is 7.05. The second-order valence-electron chi connectivity index (χ2n) is 7.05. The number of rotatable bonds is 5. The third-order valence-corrected chi connectivity index (χ3v) is 4.91. The molecule has 1 aliphatic rings. The number of carbonyl (C=O) groups is 1. The van der Waals surface area contributed by atoms with Gasteiger partial charge in [-0.2, -0.15) is 15.1 Å². The van der Waals surface area contributed by atoms with Crippen LogP contribution in [-0.4, -0.2) is 37.7 Å². The molecule has 1 saturated carbocycles. The first kappa shape index (κ1) is 19.7. The number of aromatic amines is 1. The van der Waals surface area contributed by atoms with Crippen LogP contribution in [0, 0.1) is 12.8 Å². The summed E-state index contributed by atoms with van der Waals surface area (Å²) in [5.41, 5.74) is 8.02. The van der Waals surface area contributed by atoms with Crippen LogP contribution in [-0.2, 0) is 4.79 Å². The fourth-order valence-corrected chi connectivity index (χ4v) is 2.80. The van der Waals surface area contributed by atoms with Gasteiger partial charge in [0.1, 0.15) is 17.5 Å². The Labute approximate surface area is 164 Å². The van der Waals surface area contributed by atoms with E-state index in [0.29, 0.717) is 23.1 Å². The molecule has 3 aromatic rings. The third-order valence-electron chi connectivity index (χ3n) is 4.91. The molecule has 1 unspecified atom stereocenters. The van der Waals surface area contributed by atoms with Gasteiger partial charge < -0.3 is 21.4 Å². The molecule has 3 heterocycles. The van der Waals surface area contributed by atoms with E-state index in [4.69, 9.17) is 5.73 Å². The maximum atomic E-state index is 11.7. The Morgan fingerprint density at radius 2 is 2.18 bits per heavy atom. The molecule has 1 fully saturated rings. The SMILES string of the molecule is CCC1CC1.CNC(=O)C(C)n1cc(Nc2nc(N)c3cc[nH]c3n2)c(C)n1. The van der Waals surface area contributed by atoms with Gasteiger partial charge in [0.25, 0.3) is 0 Å². The van der Waals surface area contributed by atoms with Crippen molar-refractivity contribution in [1.82, 2.24) is 30.0 Å². The highest BCUT2D eigenvalue weighted by Gasteiger charge is 2.18. The molecule has 1 amide bonds. The Hall–Kier alpha value is -3.10. The lowest BCUT2D eigenvalue weighted by molar-refractivity contribution is -0.123. The van der Waals surface area contributed by atoms with E-state index in [1.165, 1.54) is 19.3 Å². The van der Waals surface area contributed by atoms with Crippen molar-refractivity contribution in [2.45, 2.75) is 46.1 Å². The number of aryl methyl sites for hydroxylation is 1. The van der Waals surface area contributed by atoms with E-state index < -0.39 is 6.04 Å². The normalized spacial score (nSPS) is 14.3. The molecule has 9 heteroatoms. The Balaban J connectivity index is 0.000000391. The van der Waals surface area contributed by atoms with Crippen LogP contribution in [0.1, 0.15) is 44.8 Å². The molecule has 0 spiro atoms. The highest BCUT2D eigenvalue weighted by Crippen LogP contribution is 2.31. The summed E-state index contributed by atoms with van der Waals surface area (Å²) in [6, 6.07) is 1.41. The number of hydrogen-bond acceptors (Lipinski definition) is 6. The Kier molecular flexibility index (Phi) is 5.81. The average molecular weight is 384 g/mol. The Bertz CT molecular complexity index is 956. The number of hydrogen-bond donors (Lipinski definition) is 4. The number of amides is 1. The molecular formula is C19H28N8O. The summed E-state index contributed by atoms with van der Waals surface area (Å²) >= 11 is 0. The zero-order chi connectivity index (χ0) is 20.3. The number of fused-ring (bicyclic) bond motifs is 1. The van der Waals surface area contributed by atoms with Gasteiger partial charge in [-0.05, 0) is 25.8 Å². The van der Waals surface area contributed by atoms with Gasteiger partial charge in [0.2, 0.25) is 11.9 Å². The third kappa shape index (κ3) is 4.41. The van der Waals surface area contributed by atoms with Gasteiger partial charge in [0, 0.05) is 19.4 Å². The molecule has 1 aliphatic carbocycles. The van der Waals surface area contributed by atoms with Crippen molar-refractivity contribution < 1.29 is 4.79 Å². The molecule has 1 atom stereocenters. The van der Waals surface area contributed by atoms with Gasteiger partial charge in [-0.15, -0.1) is 0 Å². The van der Waals surface area contributed by atoms with Gasteiger partial charge in [-0.3, -0.25) is 9.48 Å². The minimum absolute atomic E-state index is 0.118. The first-order valence-electron chi connectivity index (χ1n) is 9.57. The van der Waals surface area contributed by atoms with Crippen LogP contribution < -0.4 is 16.4 Å². The number of nitrogens with two attached hydrogens (primary N) is 1. The molecule has 0 aromatic carbocycles. The van der Waals surface area contributed by atoms with Crippen molar-refractivity contribution in [1.29, 1.82) is 0 Å². The first-order valence-corrected chi connectivity index (χ1v) is 9.57. The van der Waals surface area contributed by atoms with Crippen molar-refractivity contribution in [3.8, 4) is 0 Å². The molecule has 3 aromatic heterocycles. The second kappa shape index (κ2) is 8.28. The molecule has 4 rings (SSSR count). The van der Waals surface area contributed by atoms with Gasteiger partial charge in [0.05, 0.1) is 16.8 Å². The first-order chi connectivity index (χ1) is 13.4. The van der Waals surface area contributed by atoms with Gasteiger partial charge in [0.15, 0.2) is 0 Å². The van der Waals surface area contributed by atoms with E-state index in [1.54, 1.807) is 31.0 Å².